The van der Waals surface area contributed by atoms with Crippen molar-refractivity contribution in [2.24, 2.45) is 5.92 Å². The highest BCUT2D eigenvalue weighted by atomic mass is 79.9. The molecule has 0 fully saturated rings. The van der Waals surface area contributed by atoms with Crippen molar-refractivity contribution in [2.75, 3.05) is 0 Å². The maximum atomic E-state index is 13.7. The van der Waals surface area contributed by atoms with Crippen LogP contribution in [0.3, 0.4) is 0 Å². The van der Waals surface area contributed by atoms with Crippen LogP contribution in [0.2, 0.25) is 0 Å². The molecule has 102 valence electrons. The molecule has 0 bridgehead atoms. The fourth-order valence-electron chi connectivity index (χ4n) is 2.21. The molecule has 1 aromatic carbocycles. The number of unbranched alkanes of at least 4 members (excludes halogenated alkanes) is 1. The Kier molecular flexibility index (Phi) is 6.87. The Balaban J connectivity index is 2.64. The van der Waals surface area contributed by atoms with Crippen LogP contribution in [0.5, 0.6) is 0 Å². The molecule has 0 aliphatic rings. The minimum Gasteiger partial charge on any atom is -0.392 e. The van der Waals surface area contributed by atoms with Gasteiger partial charge in [0, 0.05) is 10.9 Å². The van der Waals surface area contributed by atoms with E-state index >= 15 is 0 Å². The molecule has 1 N–H and O–H groups in total. The third kappa shape index (κ3) is 4.69. The average molecular weight is 317 g/mol. The zero-order valence-corrected chi connectivity index (χ0v) is 12.7. The summed E-state index contributed by atoms with van der Waals surface area (Å²) in [5.74, 6) is 0.0294. The molecular weight excluding hydrogens is 295 g/mol. The maximum absolute atomic E-state index is 13.7. The van der Waals surface area contributed by atoms with Gasteiger partial charge in [0.2, 0.25) is 0 Å². The first-order valence-electron chi connectivity index (χ1n) is 6.70. The van der Waals surface area contributed by atoms with E-state index in [0.29, 0.717) is 12.0 Å². The van der Waals surface area contributed by atoms with Crippen molar-refractivity contribution in [2.45, 2.75) is 52.1 Å². The molecule has 0 aliphatic carbocycles. The van der Waals surface area contributed by atoms with Crippen LogP contribution >= 0.6 is 15.9 Å². The van der Waals surface area contributed by atoms with Crippen LogP contribution in [0, 0.1) is 11.7 Å². The van der Waals surface area contributed by atoms with E-state index in [0.717, 1.165) is 30.2 Å². The number of rotatable bonds is 7. The maximum Gasteiger partial charge on any atom is 0.127 e. The number of hydrogen-bond acceptors (Lipinski definition) is 1. The average Bonchev–Trinajstić information content (AvgIpc) is 2.34. The molecule has 0 saturated carbocycles. The lowest BCUT2D eigenvalue weighted by Crippen LogP contribution is -2.23. The summed E-state index contributed by atoms with van der Waals surface area (Å²) in [6.07, 6.45) is 4.18. The Morgan fingerprint density at radius 3 is 2.61 bits per heavy atom. The van der Waals surface area contributed by atoms with E-state index < -0.39 is 6.10 Å². The van der Waals surface area contributed by atoms with Crippen molar-refractivity contribution in [1.29, 1.82) is 0 Å². The monoisotopic (exact) mass is 316 g/mol. The van der Waals surface area contributed by atoms with E-state index in [1.165, 1.54) is 6.07 Å². The lowest BCUT2D eigenvalue weighted by atomic mass is 9.89. The van der Waals surface area contributed by atoms with Crippen LogP contribution in [0.15, 0.2) is 22.7 Å². The summed E-state index contributed by atoms with van der Waals surface area (Å²) in [5.41, 5.74) is 0.598. The highest BCUT2D eigenvalue weighted by Gasteiger charge is 2.18. The van der Waals surface area contributed by atoms with Crippen molar-refractivity contribution < 1.29 is 9.50 Å². The lowest BCUT2D eigenvalue weighted by Gasteiger charge is -2.21. The first kappa shape index (κ1) is 15.6. The zero-order valence-electron chi connectivity index (χ0n) is 11.1. The summed E-state index contributed by atoms with van der Waals surface area (Å²) >= 11 is 3.24. The van der Waals surface area contributed by atoms with Gasteiger partial charge >= 0.3 is 0 Å². The van der Waals surface area contributed by atoms with Crippen molar-refractivity contribution in [1.82, 2.24) is 0 Å². The Labute approximate surface area is 118 Å². The summed E-state index contributed by atoms with van der Waals surface area (Å²) in [6, 6.07) is 5.02. The number of benzene rings is 1. The van der Waals surface area contributed by atoms with Crippen LogP contribution in [0.1, 0.15) is 45.1 Å². The fraction of sp³-hybridized carbons (Fsp3) is 0.600. The van der Waals surface area contributed by atoms with Crippen LogP contribution in [-0.4, -0.2) is 11.2 Å². The first-order valence-corrected chi connectivity index (χ1v) is 7.49. The molecule has 2 atom stereocenters. The Bertz CT molecular complexity index is 368. The third-order valence-corrected chi connectivity index (χ3v) is 3.93. The molecule has 1 nitrogen and oxygen atoms in total. The fourth-order valence-corrected chi connectivity index (χ4v) is 2.55. The Hall–Kier alpha value is -0.410. The smallest absolute Gasteiger partial charge is 0.127 e. The molecule has 0 aromatic heterocycles. The summed E-state index contributed by atoms with van der Waals surface area (Å²) in [4.78, 5) is 0. The zero-order chi connectivity index (χ0) is 13.5. The Morgan fingerprint density at radius 1 is 1.33 bits per heavy atom. The summed E-state index contributed by atoms with van der Waals surface area (Å²) in [5, 5.41) is 10.2. The van der Waals surface area contributed by atoms with Crippen LogP contribution in [-0.2, 0) is 6.42 Å². The van der Waals surface area contributed by atoms with Gasteiger partial charge in [-0.3, -0.25) is 0 Å². The quantitative estimate of drug-likeness (QED) is 0.772. The van der Waals surface area contributed by atoms with E-state index in [1.807, 2.05) is 6.07 Å². The molecule has 3 heteroatoms. The Morgan fingerprint density at radius 2 is 2.06 bits per heavy atom. The second-order valence-electron chi connectivity index (χ2n) is 4.82. The molecule has 0 amide bonds. The summed E-state index contributed by atoms with van der Waals surface area (Å²) in [7, 11) is 0. The topological polar surface area (TPSA) is 20.2 Å². The van der Waals surface area contributed by atoms with Crippen molar-refractivity contribution >= 4 is 15.9 Å². The number of halogens is 2. The van der Waals surface area contributed by atoms with Gasteiger partial charge in [-0.25, -0.2) is 4.39 Å². The molecule has 1 aromatic rings. The standard InChI is InChI=1S/C15H22BrFO/c1-3-5-6-11(4-2)15(18)9-12-7-8-13(16)10-14(12)17/h7-8,10-11,15,18H,3-6,9H2,1-2H3. The predicted molar refractivity (Wildman–Crippen MR) is 77.1 cm³/mol. The first-order chi connectivity index (χ1) is 8.58. The van der Waals surface area contributed by atoms with Crippen LogP contribution in [0.25, 0.3) is 0 Å². The largest absolute Gasteiger partial charge is 0.392 e. The molecule has 2 unspecified atom stereocenters. The van der Waals surface area contributed by atoms with Crippen LogP contribution in [0.4, 0.5) is 4.39 Å². The second kappa shape index (κ2) is 7.90. The van der Waals surface area contributed by atoms with E-state index in [-0.39, 0.29) is 11.7 Å². The van der Waals surface area contributed by atoms with E-state index in [2.05, 4.69) is 29.8 Å². The number of aliphatic hydroxyl groups is 1. The summed E-state index contributed by atoms with van der Waals surface area (Å²) < 4.78 is 14.4. The lowest BCUT2D eigenvalue weighted by molar-refractivity contribution is 0.0979. The van der Waals surface area contributed by atoms with Gasteiger partial charge in [0.05, 0.1) is 6.10 Å². The van der Waals surface area contributed by atoms with Crippen molar-refractivity contribution in [3.05, 3.63) is 34.1 Å². The van der Waals surface area contributed by atoms with Gasteiger partial charge in [-0.1, -0.05) is 55.1 Å². The van der Waals surface area contributed by atoms with E-state index in [1.54, 1.807) is 6.07 Å². The molecule has 0 saturated heterocycles. The molecule has 18 heavy (non-hydrogen) atoms. The molecule has 0 radical (unpaired) electrons. The van der Waals surface area contributed by atoms with Gasteiger partial charge < -0.3 is 5.11 Å². The molecule has 0 heterocycles. The molecular formula is C15H22BrFO. The highest BCUT2D eigenvalue weighted by molar-refractivity contribution is 9.10. The SMILES string of the molecule is CCCCC(CC)C(O)Cc1ccc(Br)cc1F. The van der Waals surface area contributed by atoms with Crippen molar-refractivity contribution in [3.8, 4) is 0 Å². The van der Waals surface area contributed by atoms with E-state index in [9.17, 15) is 9.50 Å². The van der Waals surface area contributed by atoms with Gasteiger partial charge in [-0.05, 0) is 30.0 Å². The minimum absolute atomic E-state index is 0.242. The predicted octanol–water partition coefficient (Wildman–Crippen LogP) is 4.71. The minimum atomic E-state index is -0.447. The molecule has 0 spiro atoms. The van der Waals surface area contributed by atoms with Gasteiger partial charge in [0.15, 0.2) is 0 Å². The van der Waals surface area contributed by atoms with Crippen molar-refractivity contribution in [3.63, 3.8) is 0 Å². The molecule has 1 rings (SSSR count). The van der Waals surface area contributed by atoms with E-state index in [4.69, 9.17) is 0 Å². The second-order valence-corrected chi connectivity index (χ2v) is 5.73. The van der Waals surface area contributed by atoms with Gasteiger partial charge in [0.1, 0.15) is 5.82 Å². The highest BCUT2D eigenvalue weighted by Crippen LogP contribution is 2.22. The van der Waals surface area contributed by atoms with Gasteiger partial charge in [0.25, 0.3) is 0 Å². The summed E-state index contributed by atoms with van der Waals surface area (Å²) in [6.45, 7) is 4.23. The van der Waals surface area contributed by atoms with Gasteiger partial charge in [-0.15, -0.1) is 0 Å². The van der Waals surface area contributed by atoms with Crippen LogP contribution < -0.4 is 0 Å². The number of hydrogen-bond donors (Lipinski definition) is 1. The van der Waals surface area contributed by atoms with Gasteiger partial charge in [-0.2, -0.15) is 0 Å². The number of aliphatic hydroxyl groups excluding tert-OH is 1. The normalized spacial score (nSPS) is 14.5. The third-order valence-electron chi connectivity index (χ3n) is 3.44. The molecule has 0 aliphatic heterocycles.